The van der Waals surface area contributed by atoms with E-state index >= 15 is 0 Å². The second kappa shape index (κ2) is 5.46. The highest BCUT2D eigenvalue weighted by Gasteiger charge is 2.41. The lowest BCUT2D eigenvalue weighted by molar-refractivity contribution is 0.0119. The summed E-state index contributed by atoms with van der Waals surface area (Å²) in [6.07, 6.45) is 0.994. The summed E-state index contributed by atoms with van der Waals surface area (Å²) >= 11 is 0. The number of hydrogen-bond donors (Lipinski definition) is 0. The molecule has 22 heavy (non-hydrogen) atoms. The van der Waals surface area contributed by atoms with Gasteiger partial charge in [0.2, 0.25) is 0 Å². The minimum atomic E-state index is -2.89. The first-order valence-electron chi connectivity index (χ1n) is 7.31. The third-order valence-electron chi connectivity index (χ3n) is 4.09. The van der Waals surface area contributed by atoms with Crippen LogP contribution in [0.2, 0.25) is 0 Å². The van der Waals surface area contributed by atoms with Crippen LogP contribution in [0.5, 0.6) is 0 Å². The molecule has 0 aliphatic carbocycles. The van der Waals surface area contributed by atoms with Gasteiger partial charge in [0, 0.05) is 19.6 Å². The Kier molecular flexibility index (Phi) is 3.76. The number of rotatable bonds is 2. The normalized spacial score (nSPS) is 24.0. The van der Waals surface area contributed by atoms with Gasteiger partial charge < -0.3 is 14.1 Å². The maximum Gasteiger partial charge on any atom is 0.349 e. The largest absolute Gasteiger partial charge is 0.424 e. The van der Waals surface area contributed by atoms with E-state index in [2.05, 4.69) is 0 Å². The van der Waals surface area contributed by atoms with E-state index in [0.29, 0.717) is 17.9 Å². The molecule has 2 aliphatic rings. The van der Waals surface area contributed by atoms with Crippen LogP contribution in [0.3, 0.4) is 0 Å². The van der Waals surface area contributed by atoms with Gasteiger partial charge in [-0.05, 0) is 31.4 Å². The Balaban J connectivity index is 1.88. The third kappa shape index (κ3) is 2.77. The van der Waals surface area contributed by atoms with Crippen LogP contribution in [0.15, 0.2) is 15.3 Å². The van der Waals surface area contributed by atoms with Gasteiger partial charge >= 0.3 is 5.63 Å². The molecule has 1 atom stereocenters. The molecule has 1 aromatic heterocycles. The number of nitrogens with zero attached hydrogens (tertiary/aromatic N) is 1. The van der Waals surface area contributed by atoms with Crippen molar-refractivity contribution in [2.24, 2.45) is 0 Å². The fourth-order valence-electron chi connectivity index (χ4n) is 2.92. The lowest BCUT2D eigenvalue weighted by Crippen LogP contribution is -2.35. The van der Waals surface area contributed by atoms with Crippen molar-refractivity contribution in [3.63, 3.8) is 0 Å². The van der Waals surface area contributed by atoms with E-state index in [1.807, 2.05) is 0 Å². The molecule has 7 heteroatoms. The number of amides is 1. The second-order valence-corrected chi connectivity index (χ2v) is 5.83. The smallest absolute Gasteiger partial charge is 0.349 e. The van der Waals surface area contributed by atoms with Crippen LogP contribution in [-0.4, -0.2) is 36.4 Å². The molecule has 0 N–H and O–H groups in total. The number of hydrogen-bond acceptors (Lipinski definition) is 4. The molecule has 0 spiro atoms. The summed E-state index contributed by atoms with van der Waals surface area (Å²) in [7, 11) is 0. The fourth-order valence-corrected chi connectivity index (χ4v) is 2.92. The van der Waals surface area contributed by atoms with E-state index in [0.717, 1.165) is 17.7 Å². The van der Waals surface area contributed by atoms with E-state index in [-0.39, 0.29) is 24.6 Å². The number of carbonyl (C=O) groups is 1. The molecule has 2 saturated heterocycles. The van der Waals surface area contributed by atoms with Crippen LogP contribution in [0, 0.1) is 6.92 Å². The zero-order valence-corrected chi connectivity index (χ0v) is 12.2. The first-order valence-corrected chi connectivity index (χ1v) is 7.31. The first-order chi connectivity index (χ1) is 10.4. The van der Waals surface area contributed by atoms with Gasteiger partial charge in [0.15, 0.2) is 0 Å². The number of likely N-dealkylation sites (tertiary alicyclic amines) is 1. The van der Waals surface area contributed by atoms with Crippen LogP contribution < -0.4 is 5.63 Å². The van der Waals surface area contributed by atoms with Gasteiger partial charge in [-0.3, -0.25) is 4.79 Å². The van der Waals surface area contributed by atoms with Crippen molar-refractivity contribution in [1.82, 2.24) is 4.90 Å². The van der Waals surface area contributed by atoms with Crippen LogP contribution in [0.1, 0.15) is 47.0 Å². The van der Waals surface area contributed by atoms with Crippen molar-refractivity contribution in [2.75, 3.05) is 19.7 Å². The molecule has 0 saturated carbocycles. The van der Waals surface area contributed by atoms with Crippen LogP contribution in [0.25, 0.3) is 0 Å². The molecule has 1 unspecified atom stereocenters. The van der Waals surface area contributed by atoms with E-state index in [1.54, 1.807) is 13.0 Å². The average Bonchev–Trinajstić information content (AvgIpc) is 3.06. The van der Waals surface area contributed by atoms with Gasteiger partial charge in [-0.25, -0.2) is 13.6 Å². The predicted octanol–water partition coefficient (Wildman–Crippen LogP) is 2.28. The van der Waals surface area contributed by atoms with Crippen molar-refractivity contribution in [3.8, 4) is 0 Å². The predicted molar refractivity (Wildman–Crippen MR) is 73.1 cm³/mol. The number of halogens is 2. The van der Waals surface area contributed by atoms with Crippen LogP contribution in [0.4, 0.5) is 8.78 Å². The summed E-state index contributed by atoms with van der Waals surface area (Å²) in [6.45, 7) is 1.50. The Labute approximate surface area is 125 Å². The molecule has 0 aromatic carbocycles. The maximum atomic E-state index is 13.2. The molecule has 1 amide bonds. The standard InChI is InChI=1S/C15H17F2NO4/c1-9-7-11(10-3-2-6-21-10)22-14(20)12(9)13(19)18-5-4-15(16,17)8-18/h7,10H,2-6,8H2,1H3. The van der Waals surface area contributed by atoms with E-state index < -0.39 is 24.0 Å². The third-order valence-corrected chi connectivity index (χ3v) is 4.09. The highest BCUT2D eigenvalue weighted by Crippen LogP contribution is 2.30. The van der Waals surface area contributed by atoms with Crippen molar-refractivity contribution in [2.45, 2.75) is 38.2 Å². The van der Waals surface area contributed by atoms with E-state index in [4.69, 9.17) is 9.15 Å². The summed E-state index contributed by atoms with van der Waals surface area (Å²) in [5, 5.41) is 0. The van der Waals surface area contributed by atoms with Crippen molar-refractivity contribution in [3.05, 3.63) is 33.4 Å². The molecular formula is C15H17F2NO4. The Hall–Kier alpha value is -1.76. The van der Waals surface area contributed by atoms with Crippen molar-refractivity contribution < 1.29 is 22.7 Å². The summed E-state index contributed by atoms with van der Waals surface area (Å²) in [5.41, 5.74) is -0.521. The topological polar surface area (TPSA) is 59.8 Å². The Bertz CT molecular complexity index is 649. The summed E-state index contributed by atoms with van der Waals surface area (Å²) < 4.78 is 37.1. The molecule has 0 radical (unpaired) electrons. The molecule has 2 fully saturated rings. The summed E-state index contributed by atoms with van der Waals surface area (Å²) in [4.78, 5) is 25.4. The number of alkyl halides is 2. The van der Waals surface area contributed by atoms with E-state index in [1.165, 1.54) is 0 Å². The van der Waals surface area contributed by atoms with Crippen LogP contribution >= 0.6 is 0 Å². The highest BCUT2D eigenvalue weighted by molar-refractivity contribution is 5.95. The van der Waals surface area contributed by atoms with E-state index in [9.17, 15) is 18.4 Å². The quantitative estimate of drug-likeness (QED) is 0.840. The Morgan fingerprint density at radius 2 is 2.23 bits per heavy atom. The minimum Gasteiger partial charge on any atom is -0.424 e. The number of ether oxygens (including phenoxy) is 1. The molecule has 3 heterocycles. The number of carbonyl (C=O) groups excluding carboxylic acids is 1. The Morgan fingerprint density at radius 1 is 1.45 bits per heavy atom. The van der Waals surface area contributed by atoms with Gasteiger partial charge in [-0.2, -0.15) is 0 Å². The number of aryl methyl sites for hydroxylation is 1. The molecule has 3 rings (SSSR count). The molecule has 1 aromatic rings. The lowest BCUT2D eigenvalue weighted by Gasteiger charge is -2.17. The zero-order valence-electron chi connectivity index (χ0n) is 12.2. The summed E-state index contributed by atoms with van der Waals surface area (Å²) in [6, 6.07) is 1.60. The SMILES string of the molecule is Cc1cc(C2CCCO2)oc(=O)c1C(=O)N1CCC(F)(F)C1. The van der Waals surface area contributed by atoms with Gasteiger partial charge in [0.05, 0.1) is 6.54 Å². The van der Waals surface area contributed by atoms with Crippen LogP contribution in [-0.2, 0) is 4.74 Å². The molecule has 120 valence electrons. The first kappa shape index (κ1) is 15.1. The molecule has 2 aliphatic heterocycles. The second-order valence-electron chi connectivity index (χ2n) is 5.83. The lowest BCUT2D eigenvalue weighted by atomic mass is 10.1. The molecule has 5 nitrogen and oxygen atoms in total. The van der Waals surface area contributed by atoms with Gasteiger partial charge in [0.1, 0.15) is 17.4 Å². The molecular weight excluding hydrogens is 296 g/mol. The van der Waals surface area contributed by atoms with Crippen molar-refractivity contribution >= 4 is 5.91 Å². The van der Waals surface area contributed by atoms with Gasteiger partial charge in [-0.1, -0.05) is 0 Å². The summed E-state index contributed by atoms with van der Waals surface area (Å²) in [5.74, 6) is -3.19. The van der Waals surface area contributed by atoms with Crippen molar-refractivity contribution in [1.29, 1.82) is 0 Å². The fraction of sp³-hybridized carbons (Fsp3) is 0.600. The Morgan fingerprint density at radius 3 is 2.77 bits per heavy atom. The zero-order chi connectivity index (χ0) is 15.9. The van der Waals surface area contributed by atoms with Gasteiger partial charge in [-0.15, -0.1) is 0 Å². The maximum absolute atomic E-state index is 13.2. The average molecular weight is 313 g/mol. The monoisotopic (exact) mass is 313 g/mol. The minimum absolute atomic E-state index is 0.0573. The van der Waals surface area contributed by atoms with Gasteiger partial charge in [0.25, 0.3) is 11.8 Å². The molecule has 0 bridgehead atoms. The highest BCUT2D eigenvalue weighted by atomic mass is 19.3.